The smallest absolute Gasteiger partial charge is 0.231 e. The third-order valence-corrected chi connectivity index (χ3v) is 1.50. The number of nitrogens with zero attached hydrogens (tertiary/aromatic N) is 3. The van der Waals surface area contributed by atoms with E-state index in [-0.39, 0.29) is 5.91 Å². The third-order valence-electron chi connectivity index (χ3n) is 1.50. The zero-order chi connectivity index (χ0) is 10.2. The second kappa shape index (κ2) is 5.69. The molecule has 2 heterocycles. The first-order valence-corrected chi connectivity index (χ1v) is 4.28. The Morgan fingerprint density at radius 2 is 2.29 bits per heavy atom. The van der Waals surface area contributed by atoms with E-state index in [4.69, 9.17) is 0 Å². The highest BCUT2D eigenvalue weighted by Crippen LogP contribution is 1.88. The first-order chi connectivity index (χ1) is 6.84. The van der Waals surface area contributed by atoms with Crippen LogP contribution in [0.5, 0.6) is 0 Å². The van der Waals surface area contributed by atoms with Gasteiger partial charge in [-0.1, -0.05) is 6.92 Å². The molecule has 0 aliphatic heterocycles. The van der Waals surface area contributed by atoms with Crippen LogP contribution in [0.4, 0.5) is 0 Å². The highest BCUT2D eigenvalue weighted by molar-refractivity contribution is 5.78. The van der Waals surface area contributed by atoms with E-state index in [1.165, 1.54) is 10.9 Å². The van der Waals surface area contributed by atoms with Crippen LogP contribution in [0.3, 0.4) is 0 Å². The predicted octanol–water partition coefficient (Wildman–Crippen LogP) is 1.34. The number of aromatic amines is 1. The summed E-state index contributed by atoms with van der Waals surface area (Å²) >= 11 is 0. The number of imidazole rings is 2. The van der Waals surface area contributed by atoms with Crippen LogP contribution in [-0.4, -0.2) is 25.4 Å². The second-order valence-electron chi connectivity index (χ2n) is 2.48. The van der Waals surface area contributed by atoms with Crippen LogP contribution < -0.4 is 0 Å². The Labute approximate surface area is 81.8 Å². The van der Waals surface area contributed by atoms with Gasteiger partial charge in [0.2, 0.25) is 5.91 Å². The molecule has 0 bridgehead atoms. The third kappa shape index (κ3) is 3.22. The van der Waals surface area contributed by atoms with Crippen molar-refractivity contribution in [2.24, 2.45) is 0 Å². The van der Waals surface area contributed by atoms with Crippen LogP contribution in [0.1, 0.15) is 18.1 Å². The van der Waals surface area contributed by atoms with Gasteiger partial charge < -0.3 is 4.98 Å². The van der Waals surface area contributed by atoms with Gasteiger partial charge in [-0.15, -0.1) is 0 Å². The van der Waals surface area contributed by atoms with Crippen LogP contribution in [0.15, 0.2) is 37.4 Å². The van der Waals surface area contributed by atoms with Gasteiger partial charge in [0.15, 0.2) is 0 Å². The summed E-state index contributed by atoms with van der Waals surface area (Å²) in [6.45, 7) is 1.82. The van der Waals surface area contributed by atoms with Crippen molar-refractivity contribution in [3.63, 3.8) is 0 Å². The van der Waals surface area contributed by atoms with E-state index < -0.39 is 0 Å². The van der Waals surface area contributed by atoms with E-state index in [1.807, 2.05) is 6.92 Å². The first kappa shape index (κ1) is 10.2. The fraction of sp³-hybridized carbons (Fsp3) is 0.222. The molecule has 0 unspecified atom stereocenters. The quantitative estimate of drug-likeness (QED) is 0.741. The van der Waals surface area contributed by atoms with Crippen molar-refractivity contribution < 1.29 is 4.79 Å². The number of carbonyl (C=O) groups excluding carboxylic acids is 1. The summed E-state index contributed by atoms with van der Waals surface area (Å²) in [5, 5.41) is 0. The molecule has 5 nitrogen and oxygen atoms in total. The Morgan fingerprint density at radius 3 is 2.64 bits per heavy atom. The van der Waals surface area contributed by atoms with E-state index >= 15 is 0 Å². The number of hydrogen-bond donors (Lipinski definition) is 1. The fourth-order valence-electron chi connectivity index (χ4n) is 0.804. The van der Waals surface area contributed by atoms with Crippen molar-refractivity contribution in [2.75, 3.05) is 0 Å². The Morgan fingerprint density at radius 1 is 1.43 bits per heavy atom. The van der Waals surface area contributed by atoms with Gasteiger partial charge in [-0.2, -0.15) is 0 Å². The molecular formula is C9H12N4O. The van der Waals surface area contributed by atoms with Crippen molar-refractivity contribution in [1.29, 1.82) is 0 Å². The van der Waals surface area contributed by atoms with Gasteiger partial charge in [-0.05, 0) is 0 Å². The molecular weight excluding hydrogens is 180 g/mol. The average molecular weight is 192 g/mol. The largest absolute Gasteiger partial charge is 0.351 e. The summed E-state index contributed by atoms with van der Waals surface area (Å²) in [6.07, 6.45) is 10.3. The van der Waals surface area contributed by atoms with Gasteiger partial charge in [0.25, 0.3) is 0 Å². The molecule has 0 saturated carbocycles. The minimum Gasteiger partial charge on any atom is -0.351 e. The number of aromatic nitrogens is 4. The molecule has 0 atom stereocenters. The number of nitrogens with one attached hydrogen (secondary N) is 1. The van der Waals surface area contributed by atoms with Gasteiger partial charge in [-0.3, -0.25) is 9.36 Å². The predicted molar refractivity (Wildman–Crippen MR) is 51.7 cm³/mol. The molecule has 0 saturated heterocycles. The summed E-state index contributed by atoms with van der Waals surface area (Å²) in [5.74, 6) is 0.0764. The lowest BCUT2D eigenvalue weighted by Crippen LogP contribution is -2.05. The Bertz CT molecular complexity index is 322. The second-order valence-corrected chi connectivity index (χ2v) is 2.48. The SMILES string of the molecule is CCC(=O)n1ccnc1.c1c[nH]cn1. The zero-order valence-electron chi connectivity index (χ0n) is 7.92. The van der Waals surface area contributed by atoms with Crippen molar-refractivity contribution >= 4 is 5.91 Å². The molecule has 14 heavy (non-hydrogen) atoms. The summed E-state index contributed by atoms with van der Waals surface area (Å²) in [6, 6.07) is 0. The molecule has 2 aromatic rings. The van der Waals surface area contributed by atoms with E-state index in [1.54, 1.807) is 31.1 Å². The van der Waals surface area contributed by atoms with Crippen LogP contribution in [-0.2, 0) is 0 Å². The highest BCUT2D eigenvalue weighted by atomic mass is 16.1. The Hall–Kier alpha value is -1.91. The molecule has 0 fully saturated rings. The van der Waals surface area contributed by atoms with Gasteiger partial charge >= 0.3 is 0 Å². The lowest BCUT2D eigenvalue weighted by atomic mass is 10.4. The first-order valence-electron chi connectivity index (χ1n) is 4.28. The van der Waals surface area contributed by atoms with Crippen molar-refractivity contribution in [1.82, 2.24) is 19.5 Å². The van der Waals surface area contributed by atoms with Gasteiger partial charge in [0, 0.05) is 31.2 Å². The number of carbonyl (C=O) groups is 1. The average Bonchev–Trinajstić information content (AvgIpc) is 2.91. The fourth-order valence-corrected chi connectivity index (χ4v) is 0.804. The molecule has 2 rings (SSSR count). The van der Waals surface area contributed by atoms with Crippen molar-refractivity contribution in [2.45, 2.75) is 13.3 Å². The van der Waals surface area contributed by atoms with Gasteiger partial charge in [0.1, 0.15) is 6.33 Å². The van der Waals surface area contributed by atoms with Gasteiger partial charge in [0.05, 0.1) is 6.33 Å². The van der Waals surface area contributed by atoms with Gasteiger partial charge in [-0.25, -0.2) is 9.97 Å². The summed E-state index contributed by atoms with van der Waals surface area (Å²) in [7, 11) is 0. The normalized spacial score (nSPS) is 8.93. The molecule has 0 amide bonds. The number of hydrogen-bond acceptors (Lipinski definition) is 3. The molecule has 2 aromatic heterocycles. The lowest BCUT2D eigenvalue weighted by Gasteiger charge is -1.92. The highest BCUT2D eigenvalue weighted by Gasteiger charge is 1.96. The van der Waals surface area contributed by atoms with Crippen LogP contribution in [0.2, 0.25) is 0 Å². The monoisotopic (exact) mass is 192 g/mol. The molecule has 0 aliphatic carbocycles. The molecule has 0 spiro atoms. The van der Waals surface area contributed by atoms with Crippen molar-refractivity contribution in [3.8, 4) is 0 Å². The lowest BCUT2D eigenvalue weighted by molar-refractivity contribution is 0.0908. The van der Waals surface area contributed by atoms with E-state index in [0.717, 1.165) is 0 Å². The maximum atomic E-state index is 10.8. The maximum Gasteiger partial charge on any atom is 0.231 e. The molecule has 0 radical (unpaired) electrons. The summed E-state index contributed by atoms with van der Waals surface area (Å²) in [5.41, 5.74) is 0. The van der Waals surface area contributed by atoms with E-state index in [9.17, 15) is 4.79 Å². The maximum absolute atomic E-state index is 10.8. The Balaban J connectivity index is 0.000000165. The van der Waals surface area contributed by atoms with E-state index in [0.29, 0.717) is 6.42 Å². The standard InChI is InChI=1S/C6H8N2O.C3H4N2/c1-2-6(9)8-4-3-7-5-8;1-2-5-3-4-1/h3-5H,2H2,1H3;1-3H,(H,4,5). The number of H-pyrrole nitrogens is 1. The Kier molecular flexibility index (Phi) is 4.13. The number of rotatable bonds is 1. The van der Waals surface area contributed by atoms with Crippen molar-refractivity contribution in [3.05, 3.63) is 37.4 Å². The minimum absolute atomic E-state index is 0.0764. The summed E-state index contributed by atoms with van der Waals surface area (Å²) in [4.78, 5) is 20.9. The van der Waals surface area contributed by atoms with Crippen LogP contribution >= 0.6 is 0 Å². The molecule has 1 N–H and O–H groups in total. The summed E-state index contributed by atoms with van der Waals surface area (Å²) < 4.78 is 1.47. The topological polar surface area (TPSA) is 63.6 Å². The minimum atomic E-state index is 0.0764. The molecule has 0 aromatic carbocycles. The molecule has 0 aliphatic rings. The van der Waals surface area contributed by atoms with Crippen LogP contribution in [0.25, 0.3) is 0 Å². The van der Waals surface area contributed by atoms with E-state index in [2.05, 4.69) is 15.0 Å². The molecule has 5 heteroatoms. The zero-order valence-corrected chi connectivity index (χ0v) is 7.92. The molecule has 74 valence electrons. The van der Waals surface area contributed by atoms with Crippen LogP contribution in [0, 0.1) is 0 Å².